The summed E-state index contributed by atoms with van der Waals surface area (Å²) in [6.07, 6.45) is 7.00. The number of rotatable bonds is 5. The van der Waals surface area contributed by atoms with Crippen molar-refractivity contribution in [3.63, 3.8) is 0 Å². The highest BCUT2D eigenvalue weighted by Crippen LogP contribution is 1.93. The third-order valence-electron chi connectivity index (χ3n) is 2.15. The fraction of sp³-hybridized carbons (Fsp3) is 0.154. The van der Waals surface area contributed by atoms with Gasteiger partial charge in [-0.2, -0.15) is 0 Å². The van der Waals surface area contributed by atoms with Gasteiger partial charge in [-0.25, -0.2) is 4.98 Å². The topological polar surface area (TPSA) is 53.4 Å². The monoisotopic (exact) mass is 226 g/mol. The van der Waals surface area contributed by atoms with Crippen molar-refractivity contribution in [3.05, 3.63) is 54.1 Å². The molecule has 0 fully saturated rings. The molecule has 2 rings (SSSR count). The van der Waals surface area contributed by atoms with E-state index in [1.54, 1.807) is 18.7 Å². The number of nitrogens with zero attached hydrogens (tertiary/aromatic N) is 3. The average molecular weight is 226 g/mol. The van der Waals surface area contributed by atoms with Crippen molar-refractivity contribution in [2.24, 2.45) is 9.98 Å². The first-order chi connectivity index (χ1) is 8.45. The molecule has 0 atom stereocenters. The second-order valence-electron chi connectivity index (χ2n) is 3.49. The molecule has 1 N–H and O–H groups in total. The fourth-order valence-electron chi connectivity index (χ4n) is 1.32. The average Bonchev–Trinajstić information content (AvgIpc) is 2.88. The lowest BCUT2D eigenvalue weighted by molar-refractivity contribution is 0.984. The number of nitrogens with one attached hydrogen (secondary N) is 1. The van der Waals surface area contributed by atoms with Crippen LogP contribution in [0.25, 0.3) is 0 Å². The van der Waals surface area contributed by atoms with Crippen molar-refractivity contribution in [2.45, 2.75) is 0 Å². The van der Waals surface area contributed by atoms with Crippen LogP contribution >= 0.6 is 0 Å². The minimum absolute atomic E-state index is 0.683. The number of aromatic nitrogens is 2. The third-order valence-corrected chi connectivity index (χ3v) is 2.15. The lowest BCUT2D eigenvalue weighted by Gasteiger charge is -1.91. The van der Waals surface area contributed by atoms with Crippen LogP contribution in [0.1, 0.15) is 11.3 Å². The van der Waals surface area contributed by atoms with E-state index in [2.05, 4.69) is 20.0 Å². The predicted molar refractivity (Wildman–Crippen MR) is 70.0 cm³/mol. The molecule has 0 aliphatic heterocycles. The van der Waals surface area contributed by atoms with E-state index in [1.165, 1.54) is 0 Å². The summed E-state index contributed by atoms with van der Waals surface area (Å²) in [7, 11) is 0. The first-order valence-electron chi connectivity index (χ1n) is 5.48. The van der Waals surface area contributed by atoms with Crippen molar-refractivity contribution >= 4 is 12.4 Å². The van der Waals surface area contributed by atoms with Crippen LogP contribution in [0, 0.1) is 0 Å². The maximum absolute atomic E-state index is 4.30. The van der Waals surface area contributed by atoms with E-state index in [1.807, 2.05) is 36.5 Å². The van der Waals surface area contributed by atoms with Crippen molar-refractivity contribution in [3.8, 4) is 0 Å². The Morgan fingerprint density at radius 3 is 2.53 bits per heavy atom. The molecule has 1 heterocycles. The zero-order valence-electron chi connectivity index (χ0n) is 9.45. The van der Waals surface area contributed by atoms with E-state index < -0.39 is 0 Å². The number of aliphatic imine (C=N–C) groups is 2. The van der Waals surface area contributed by atoms with Crippen LogP contribution in [0.4, 0.5) is 0 Å². The lowest BCUT2D eigenvalue weighted by atomic mass is 10.2. The fourth-order valence-corrected chi connectivity index (χ4v) is 1.32. The molecule has 0 amide bonds. The molecule has 4 heteroatoms. The largest absolute Gasteiger partial charge is 0.344 e. The first kappa shape index (κ1) is 11.3. The van der Waals surface area contributed by atoms with E-state index >= 15 is 0 Å². The summed E-state index contributed by atoms with van der Waals surface area (Å²) < 4.78 is 0. The molecule has 0 radical (unpaired) electrons. The highest BCUT2D eigenvalue weighted by atomic mass is 14.9. The first-order valence-corrected chi connectivity index (χ1v) is 5.48. The van der Waals surface area contributed by atoms with Crippen LogP contribution in [0.5, 0.6) is 0 Å². The summed E-state index contributed by atoms with van der Waals surface area (Å²) in [6, 6.07) is 10.0. The highest BCUT2D eigenvalue weighted by molar-refractivity contribution is 5.79. The van der Waals surface area contributed by atoms with Crippen LogP contribution in [-0.4, -0.2) is 35.5 Å². The maximum atomic E-state index is 4.30. The second-order valence-corrected chi connectivity index (χ2v) is 3.49. The molecule has 86 valence electrons. The van der Waals surface area contributed by atoms with Gasteiger partial charge in [-0.3, -0.25) is 9.98 Å². The highest BCUT2D eigenvalue weighted by Gasteiger charge is 1.86. The summed E-state index contributed by atoms with van der Waals surface area (Å²) in [5.41, 5.74) is 2.03. The van der Waals surface area contributed by atoms with Gasteiger partial charge in [0.25, 0.3) is 0 Å². The molecule has 0 bridgehead atoms. The number of H-pyrrole nitrogens is 1. The molecule has 2 aromatic rings. The number of aromatic amines is 1. The Balaban J connectivity index is 1.71. The smallest absolute Gasteiger partial charge is 0.0924 e. The number of benzene rings is 1. The zero-order valence-corrected chi connectivity index (χ0v) is 9.45. The molecule has 4 nitrogen and oxygen atoms in total. The van der Waals surface area contributed by atoms with Gasteiger partial charge in [0.05, 0.1) is 31.3 Å². The van der Waals surface area contributed by atoms with Crippen LogP contribution in [0.3, 0.4) is 0 Å². The van der Waals surface area contributed by atoms with Gasteiger partial charge in [0.2, 0.25) is 0 Å². The van der Waals surface area contributed by atoms with Gasteiger partial charge in [-0.1, -0.05) is 30.3 Å². The molecule has 17 heavy (non-hydrogen) atoms. The Labute approximate surface area is 100 Å². The summed E-state index contributed by atoms with van der Waals surface area (Å²) in [5, 5.41) is 0. The van der Waals surface area contributed by atoms with Gasteiger partial charge < -0.3 is 4.98 Å². The minimum atomic E-state index is 0.683. The van der Waals surface area contributed by atoms with E-state index in [0.29, 0.717) is 13.1 Å². The number of hydrogen-bond donors (Lipinski definition) is 1. The zero-order chi connectivity index (χ0) is 11.8. The summed E-state index contributed by atoms with van der Waals surface area (Å²) in [5.74, 6) is 0. The third kappa shape index (κ3) is 4.03. The van der Waals surface area contributed by atoms with Gasteiger partial charge in [0, 0.05) is 12.4 Å². The van der Waals surface area contributed by atoms with Crippen LogP contribution < -0.4 is 0 Å². The summed E-state index contributed by atoms with van der Waals surface area (Å²) >= 11 is 0. The van der Waals surface area contributed by atoms with Crippen molar-refractivity contribution < 1.29 is 0 Å². The van der Waals surface area contributed by atoms with Crippen molar-refractivity contribution in [2.75, 3.05) is 13.1 Å². The molecule has 0 unspecified atom stereocenters. The van der Waals surface area contributed by atoms with Crippen LogP contribution in [0.2, 0.25) is 0 Å². The molecule has 0 aliphatic carbocycles. The Morgan fingerprint density at radius 2 is 1.82 bits per heavy atom. The summed E-state index contributed by atoms with van der Waals surface area (Å²) in [6.45, 7) is 1.38. The normalized spacial score (nSPS) is 11.5. The van der Waals surface area contributed by atoms with Gasteiger partial charge >= 0.3 is 0 Å². The van der Waals surface area contributed by atoms with E-state index in [9.17, 15) is 0 Å². The standard InChI is InChI=1S/C13H14N4/c1-2-4-12(5-3-1)8-14-6-7-15-9-13-10-16-11-17-13/h1-5,8-11H,6-7H2,(H,16,17). The molecule has 1 aromatic heterocycles. The lowest BCUT2D eigenvalue weighted by Crippen LogP contribution is -1.90. The Bertz CT molecular complexity index is 471. The molecule has 0 spiro atoms. The molecule has 0 aliphatic rings. The molecule has 0 saturated heterocycles. The minimum Gasteiger partial charge on any atom is -0.344 e. The number of imidazole rings is 1. The number of hydrogen-bond acceptors (Lipinski definition) is 3. The van der Waals surface area contributed by atoms with E-state index in [4.69, 9.17) is 0 Å². The van der Waals surface area contributed by atoms with Gasteiger partial charge in [-0.05, 0) is 5.56 Å². The van der Waals surface area contributed by atoms with Crippen LogP contribution in [0.15, 0.2) is 52.8 Å². The Hall–Kier alpha value is -2.23. The maximum Gasteiger partial charge on any atom is 0.0924 e. The predicted octanol–water partition coefficient (Wildman–Crippen LogP) is 1.95. The molecular formula is C13H14N4. The van der Waals surface area contributed by atoms with Gasteiger partial charge in [-0.15, -0.1) is 0 Å². The van der Waals surface area contributed by atoms with Crippen LogP contribution in [-0.2, 0) is 0 Å². The van der Waals surface area contributed by atoms with E-state index in [-0.39, 0.29) is 0 Å². The molecule has 0 saturated carbocycles. The second kappa shape index (κ2) is 6.37. The molecular weight excluding hydrogens is 212 g/mol. The molecule has 1 aromatic carbocycles. The SMILES string of the molecule is C(=NCCN=Cc1cnc[nH]1)c1ccccc1. The van der Waals surface area contributed by atoms with Gasteiger partial charge in [0.1, 0.15) is 0 Å². The quantitative estimate of drug-likeness (QED) is 0.615. The van der Waals surface area contributed by atoms with Crippen molar-refractivity contribution in [1.29, 1.82) is 0 Å². The van der Waals surface area contributed by atoms with Gasteiger partial charge in [0.15, 0.2) is 0 Å². The summed E-state index contributed by atoms with van der Waals surface area (Å²) in [4.78, 5) is 15.4. The Morgan fingerprint density at radius 1 is 1.06 bits per heavy atom. The Kier molecular flexibility index (Phi) is 4.22. The van der Waals surface area contributed by atoms with E-state index in [0.717, 1.165) is 11.3 Å². The van der Waals surface area contributed by atoms with Crippen molar-refractivity contribution in [1.82, 2.24) is 9.97 Å².